The molecule has 0 fully saturated rings. The van der Waals surface area contributed by atoms with Gasteiger partial charge in [0.2, 0.25) is 0 Å². The van der Waals surface area contributed by atoms with Crippen LogP contribution in [-0.2, 0) is 0 Å². The van der Waals surface area contributed by atoms with Gasteiger partial charge in [-0.1, -0.05) is 12.1 Å². The molecule has 6 heterocycles. The minimum Gasteiger partial charge on any atom is -0.321 e. The third kappa shape index (κ3) is 2.76. The molecule has 6 rings (SSSR count). The molecule has 0 unspecified atom stereocenters. The summed E-state index contributed by atoms with van der Waals surface area (Å²) in [7, 11) is 0. The second kappa shape index (κ2) is 6.61. The normalized spacial score (nSPS) is 14.6. The molecule has 5 aromatic heterocycles. The Morgan fingerprint density at radius 3 is 2.97 bits per heavy atom. The van der Waals surface area contributed by atoms with Crippen molar-refractivity contribution in [3.05, 3.63) is 53.7 Å². The molecule has 0 atom stereocenters. The first-order valence-corrected chi connectivity index (χ1v) is 10.4. The number of rotatable bonds is 3. The number of thiophene rings is 1. The highest BCUT2D eigenvalue weighted by Gasteiger charge is 2.17. The Bertz CT molecular complexity index is 1360. The second-order valence-corrected chi connectivity index (χ2v) is 7.94. The van der Waals surface area contributed by atoms with Gasteiger partial charge < -0.3 is 10.3 Å². The molecular formula is C21H17N7S. The van der Waals surface area contributed by atoms with Crippen molar-refractivity contribution in [3.63, 3.8) is 0 Å². The maximum absolute atomic E-state index is 4.86. The second-order valence-electron chi connectivity index (χ2n) is 6.99. The van der Waals surface area contributed by atoms with E-state index in [1.165, 1.54) is 10.5 Å². The fraction of sp³-hybridized carbons (Fsp3) is 0.143. The number of aromatic amines is 2. The predicted octanol–water partition coefficient (Wildman–Crippen LogP) is 4.00. The van der Waals surface area contributed by atoms with E-state index in [9.17, 15) is 0 Å². The van der Waals surface area contributed by atoms with Crippen LogP contribution >= 0.6 is 11.3 Å². The molecule has 0 saturated heterocycles. The molecular weight excluding hydrogens is 382 g/mol. The van der Waals surface area contributed by atoms with Crippen molar-refractivity contribution in [2.24, 2.45) is 0 Å². The van der Waals surface area contributed by atoms with Crippen LogP contribution in [0.5, 0.6) is 0 Å². The average molecular weight is 399 g/mol. The van der Waals surface area contributed by atoms with Crippen LogP contribution < -0.4 is 5.32 Å². The summed E-state index contributed by atoms with van der Waals surface area (Å²) in [5, 5.41) is 13.9. The number of H-pyrrole nitrogens is 2. The van der Waals surface area contributed by atoms with Gasteiger partial charge >= 0.3 is 0 Å². The van der Waals surface area contributed by atoms with E-state index in [0.29, 0.717) is 5.82 Å². The molecule has 142 valence electrons. The first-order chi connectivity index (χ1) is 14.4. The zero-order valence-corrected chi connectivity index (χ0v) is 16.3. The van der Waals surface area contributed by atoms with Gasteiger partial charge in [-0.15, -0.1) is 11.3 Å². The summed E-state index contributed by atoms with van der Waals surface area (Å²) < 4.78 is 0. The van der Waals surface area contributed by atoms with Gasteiger partial charge in [0.05, 0.1) is 5.39 Å². The fourth-order valence-electron chi connectivity index (χ4n) is 3.80. The van der Waals surface area contributed by atoms with Crippen molar-refractivity contribution >= 4 is 39.1 Å². The van der Waals surface area contributed by atoms with E-state index < -0.39 is 0 Å². The lowest BCUT2D eigenvalue weighted by Crippen LogP contribution is -2.20. The first-order valence-electron chi connectivity index (χ1n) is 9.50. The quantitative estimate of drug-likeness (QED) is 0.426. The lowest BCUT2D eigenvalue weighted by molar-refractivity contribution is 0.738. The SMILES string of the molecule is C1=C(c2cnc3[nH]nc(-c4nc5c(-c6cccs6)ccnc5[nH]4)c3c2)CCNC1. The highest BCUT2D eigenvalue weighted by molar-refractivity contribution is 7.13. The number of nitrogens with one attached hydrogen (secondary N) is 3. The minimum absolute atomic E-state index is 0.695. The van der Waals surface area contributed by atoms with Gasteiger partial charge in [0, 0.05) is 29.4 Å². The third-order valence-electron chi connectivity index (χ3n) is 5.25. The Kier molecular flexibility index (Phi) is 3.78. The molecule has 3 N–H and O–H groups in total. The molecule has 8 heteroatoms. The van der Waals surface area contributed by atoms with Crippen LogP contribution in [0.4, 0.5) is 0 Å². The van der Waals surface area contributed by atoms with E-state index in [2.05, 4.69) is 54.1 Å². The third-order valence-corrected chi connectivity index (χ3v) is 6.15. The van der Waals surface area contributed by atoms with Crippen molar-refractivity contribution < 1.29 is 0 Å². The topological polar surface area (TPSA) is 95.2 Å². The van der Waals surface area contributed by atoms with Crippen molar-refractivity contribution in [2.45, 2.75) is 6.42 Å². The van der Waals surface area contributed by atoms with Gasteiger partial charge in [-0.3, -0.25) is 5.10 Å². The molecule has 0 radical (unpaired) electrons. The molecule has 0 spiro atoms. The van der Waals surface area contributed by atoms with Crippen molar-refractivity contribution in [1.82, 2.24) is 35.5 Å². The molecule has 0 saturated carbocycles. The van der Waals surface area contributed by atoms with Crippen LogP contribution in [0.2, 0.25) is 0 Å². The molecule has 0 amide bonds. The number of imidazole rings is 1. The van der Waals surface area contributed by atoms with Crippen LogP contribution in [0.15, 0.2) is 48.1 Å². The molecule has 0 aliphatic carbocycles. The zero-order chi connectivity index (χ0) is 19.2. The van der Waals surface area contributed by atoms with Gasteiger partial charge in [-0.05, 0) is 47.7 Å². The Morgan fingerprint density at radius 2 is 2.10 bits per heavy atom. The number of aromatic nitrogens is 6. The van der Waals surface area contributed by atoms with Crippen molar-refractivity contribution in [2.75, 3.05) is 13.1 Å². The number of hydrogen-bond donors (Lipinski definition) is 3. The fourth-order valence-corrected chi connectivity index (χ4v) is 4.55. The minimum atomic E-state index is 0.695. The van der Waals surface area contributed by atoms with Crippen LogP contribution in [-0.4, -0.2) is 43.2 Å². The average Bonchev–Trinajstić information content (AvgIpc) is 3.52. The zero-order valence-electron chi connectivity index (χ0n) is 15.4. The highest BCUT2D eigenvalue weighted by Crippen LogP contribution is 2.33. The number of pyridine rings is 2. The van der Waals surface area contributed by atoms with Gasteiger partial charge in [-0.2, -0.15) is 5.10 Å². The maximum Gasteiger partial charge on any atom is 0.161 e. The molecule has 0 bridgehead atoms. The number of fused-ring (bicyclic) bond motifs is 2. The van der Waals surface area contributed by atoms with Crippen LogP contribution in [0.3, 0.4) is 0 Å². The van der Waals surface area contributed by atoms with E-state index in [4.69, 9.17) is 4.98 Å². The first kappa shape index (κ1) is 16.6. The standard InChI is InChI=1S/C21H17N7S/c1-2-16(29-9-1)14-5-8-23-20-17(14)25-21(26-20)18-15-10-13(11-24-19(15)28-27-18)12-3-6-22-7-4-12/h1-3,5,8-11,22H,4,6-7H2,(H,23,25,26)(H,24,27,28). The van der Waals surface area contributed by atoms with Gasteiger partial charge in [0.15, 0.2) is 17.1 Å². The highest BCUT2D eigenvalue weighted by atomic mass is 32.1. The lowest BCUT2D eigenvalue weighted by Gasteiger charge is -2.13. The molecule has 0 aromatic carbocycles. The molecule has 1 aliphatic rings. The molecule has 29 heavy (non-hydrogen) atoms. The summed E-state index contributed by atoms with van der Waals surface area (Å²) >= 11 is 1.69. The number of hydrogen-bond acceptors (Lipinski definition) is 6. The predicted molar refractivity (Wildman–Crippen MR) is 116 cm³/mol. The van der Waals surface area contributed by atoms with E-state index in [1.807, 2.05) is 24.5 Å². The van der Waals surface area contributed by atoms with E-state index in [-0.39, 0.29) is 0 Å². The lowest BCUT2D eigenvalue weighted by atomic mass is 10.0. The Balaban J connectivity index is 1.50. The summed E-state index contributed by atoms with van der Waals surface area (Å²) in [5.74, 6) is 0.695. The Morgan fingerprint density at radius 1 is 1.10 bits per heavy atom. The Labute approximate surface area is 169 Å². The number of nitrogens with zero attached hydrogens (tertiary/aromatic N) is 4. The van der Waals surface area contributed by atoms with Crippen LogP contribution in [0, 0.1) is 0 Å². The molecule has 1 aliphatic heterocycles. The largest absolute Gasteiger partial charge is 0.321 e. The summed E-state index contributed by atoms with van der Waals surface area (Å²) in [6.45, 7) is 1.88. The van der Waals surface area contributed by atoms with E-state index in [1.54, 1.807) is 11.3 Å². The van der Waals surface area contributed by atoms with Crippen LogP contribution in [0.1, 0.15) is 12.0 Å². The van der Waals surface area contributed by atoms with Crippen LogP contribution in [0.25, 0.3) is 49.7 Å². The summed E-state index contributed by atoms with van der Waals surface area (Å²) in [4.78, 5) is 18.4. The molecule has 5 aromatic rings. The van der Waals surface area contributed by atoms with Gasteiger partial charge in [0.25, 0.3) is 0 Å². The van der Waals surface area contributed by atoms with Crippen molar-refractivity contribution in [1.29, 1.82) is 0 Å². The Hall–Kier alpha value is -3.36. The van der Waals surface area contributed by atoms with E-state index in [0.717, 1.165) is 58.5 Å². The summed E-state index contributed by atoms with van der Waals surface area (Å²) in [6.07, 6.45) is 6.95. The van der Waals surface area contributed by atoms with E-state index >= 15 is 0 Å². The molecule has 7 nitrogen and oxygen atoms in total. The van der Waals surface area contributed by atoms with Crippen molar-refractivity contribution in [3.8, 4) is 22.0 Å². The maximum atomic E-state index is 4.86. The van der Waals surface area contributed by atoms with Gasteiger partial charge in [0.1, 0.15) is 11.2 Å². The summed E-state index contributed by atoms with van der Waals surface area (Å²) in [6, 6.07) is 8.30. The smallest absolute Gasteiger partial charge is 0.161 e. The monoisotopic (exact) mass is 399 g/mol. The van der Waals surface area contributed by atoms with Gasteiger partial charge in [-0.25, -0.2) is 15.0 Å². The summed E-state index contributed by atoms with van der Waals surface area (Å²) in [5.41, 5.74) is 6.65.